The summed E-state index contributed by atoms with van der Waals surface area (Å²) in [6.07, 6.45) is 8.64. The van der Waals surface area contributed by atoms with Gasteiger partial charge >= 0.3 is 0 Å². The Balaban J connectivity index is 3.46. The predicted molar refractivity (Wildman–Crippen MR) is 48.0 cm³/mol. The normalized spacial score (nSPS) is 12.3. The molecule has 0 unspecified atom stereocenters. The number of unbranched alkanes of at least 4 members (excludes halogenated alkanes) is 1. The van der Waals surface area contributed by atoms with Gasteiger partial charge in [0.2, 0.25) is 0 Å². The van der Waals surface area contributed by atoms with Gasteiger partial charge < -0.3 is 0 Å². The van der Waals surface area contributed by atoms with E-state index in [0.717, 1.165) is 12.8 Å². The van der Waals surface area contributed by atoms with Crippen LogP contribution in [0.25, 0.3) is 0 Å². The second-order valence-corrected chi connectivity index (χ2v) is 3.63. The summed E-state index contributed by atoms with van der Waals surface area (Å²) < 4.78 is 0. The van der Waals surface area contributed by atoms with Crippen molar-refractivity contribution in [2.45, 2.75) is 33.6 Å². The predicted octanol–water partition coefficient (Wildman–Crippen LogP) is 3.55. The molecule has 0 aromatic carbocycles. The molecular formula is C10H18. The van der Waals surface area contributed by atoms with Crippen LogP contribution >= 0.6 is 0 Å². The van der Waals surface area contributed by atoms with Crippen LogP contribution in [-0.2, 0) is 0 Å². The number of allylic oxidation sites excluding steroid dienone is 3. The van der Waals surface area contributed by atoms with Crippen molar-refractivity contribution in [3.63, 3.8) is 0 Å². The zero-order valence-corrected chi connectivity index (χ0v) is 7.35. The van der Waals surface area contributed by atoms with Gasteiger partial charge in [-0.2, -0.15) is 0 Å². The summed E-state index contributed by atoms with van der Waals surface area (Å²) in [5.41, 5.74) is 0.334. The third-order valence-corrected chi connectivity index (χ3v) is 1.16. The summed E-state index contributed by atoms with van der Waals surface area (Å²) in [4.78, 5) is 0. The van der Waals surface area contributed by atoms with Crippen LogP contribution in [0.4, 0.5) is 0 Å². The van der Waals surface area contributed by atoms with Crippen molar-refractivity contribution in [3.8, 4) is 0 Å². The quantitative estimate of drug-likeness (QED) is 0.413. The zero-order valence-electron chi connectivity index (χ0n) is 7.35. The fraction of sp³-hybridized carbons (Fsp3) is 0.600. The Morgan fingerprint density at radius 2 is 1.80 bits per heavy atom. The van der Waals surface area contributed by atoms with E-state index in [4.69, 9.17) is 0 Å². The van der Waals surface area contributed by atoms with E-state index in [1.807, 2.05) is 6.08 Å². The van der Waals surface area contributed by atoms with Gasteiger partial charge in [0.15, 0.2) is 0 Å². The minimum Gasteiger partial charge on any atom is -0.103 e. The van der Waals surface area contributed by atoms with E-state index in [-0.39, 0.29) is 0 Å². The van der Waals surface area contributed by atoms with Crippen molar-refractivity contribution < 1.29 is 0 Å². The molecule has 58 valence electrons. The Labute approximate surface area is 64.6 Å². The minimum atomic E-state index is 0.334. The van der Waals surface area contributed by atoms with Crippen LogP contribution < -0.4 is 0 Å². The Morgan fingerprint density at radius 1 is 1.20 bits per heavy atom. The second-order valence-electron chi connectivity index (χ2n) is 3.63. The molecule has 0 saturated heterocycles. The van der Waals surface area contributed by atoms with Gasteiger partial charge in [-0.25, -0.2) is 0 Å². The van der Waals surface area contributed by atoms with Crippen LogP contribution in [0, 0.1) is 5.41 Å². The van der Waals surface area contributed by atoms with Crippen LogP contribution in [-0.4, -0.2) is 0 Å². The highest BCUT2D eigenvalue weighted by molar-refractivity contribution is 4.92. The number of hydrogen-bond acceptors (Lipinski definition) is 0. The molecular weight excluding hydrogens is 120 g/mol. The van der Waals surface area contributed by atoms with Gasteiger partial charge in [-0.05, 0) is 18.3 Å². The maximum Gasteiger partial charge on any atom is -0.0203 e. The third kappa shape index (κ3) is 7.48. The average Bonchev–Trinajstić information content (AvgIpc) is 1.78. The molecule has 0 spiro atoms. The van der Waals surface area contributed by atoms with Crippen molar-refractivity contribution >= 4 is 0 Å². The molecule has 0 aliphatic rings. The van der Waals surface area contributed by atoms with Crippen LogP contribution in [0.3, 0.4) is 0 Å². The highest BCUT2D eigenvalue weighted by Gasteiger charge is 2.01. The molecule has 0 bridgehead atoms. The lowest BCUT2D eigenvalue weighted by Crippen LogP contribution is -1.97. The molecule has 0 aliphatic carbocycles. The van der Waals surface area contributed by atoms with E-state index >= 15 is 0 Å². The molecule has 0 aromatic heterocycles. The van der Waals surface area contributed by atoms with Crippen molar-refractivity contribution in [2.75, 3.05) is 0 Å². The summed E-state index contributed by atoms with van der Waals surface area (Å²) >= 11 is 0. The molecule has 0 fully saturated rings. The first-order chi connectivity index (χ1) is 4.56. The van der Waals surface area contributed by atoms with Crippen LogP contribution in [0.15, 0.2) is 24.8 Å². The Morgan fingerprint density at radius 3 is 2.20 bits per heavy atom. The summed E-state index contributed by atoms with van der Waals surface area (Å²) in [6, 6.07) is 0. The standard InChI is InChI=1S/C10H18/c1-5-6-7-8-9-10(2,3)4/h5,8-9H,1,6-7H2,2-4H3/b9-8+. The first-order valence-electron chi connectivity index (χ1n) is 3.85. The number of hydrogen-bond donors (Lipinski definition) is 0. The Hall–Kier alpha value is -0.520. The zero-order chi connectivity index (χ0) is 8.04. The van der Waals surface area contributed by atoms with E-state index < -0.39 is 0 Å². The van der Waals surface area contributed by atoms with E-state index in [2.05, 4.69) is 39.5 Å². The topological polar surface area (TPSA) is 0 Å². The molecule has 0 saturated carbocycles. The largest absolute Gasteiger partial charge is 0.103 e. The molecule has 0 N–H and O–H groups in total. The third-order valence-electron chi connectivity index (χ3n) is 1.16. The molecule has 0 aromatic rings. The van der Waals surface area contributed by atoms with Crippen molar-refractivity contribution in [1.82, 2.24) is 0 Å². The first-order valence-corrected chi connectivity index (χ1v) is 3.85. The molecule has 0 rings (SSSR count). The summed E-state index contributed by atoms with van der Waals surface area (Å²) in [6.45, 7) is 10.3. The van der Waals surface area contributed by atoms with Crippen molar-refractivity contribution in [3.05, 3.63) is 24.8 Å². The molecule has 0 aliphatic heterocycles. The smallest absolute Gasteiger partial charge is 0.0203 e. The molecule has 0 amide bonds. The lowest BCUT2D eigenvalue weighted by molar-refractivity contribution is 0.542. The summed E-state index contributed by atoms with van der Waals surface area (Å²) in [5.74, 6) is 0. The van der Waals surface area contributed by atoms with Crippen LogP contribution in [0.2, 0.25) is 0 Å². The van der Waals surface area contributed by atoms with E-state index in [0.29, 0.717) is 5.41 Å². The van der Waals surface area contributed by atoms with Gasteiger partial charge in [0.25, 0.3) is 0 Å². The van der Waals surface area contributed by atoms with Gasteiger partial charge in [0.1, 0.15) is 0 Å². The van der Waals surface area contributed by atoms with E-state index in [1.165, 1.54) is 0 Å². The van der Waals surface area contributed by atoms with Crippen LogP contribution in [0.5, 0.6) is 0 Å². The van der Waals surface area contributed by atoms with Gasteiger partial charge in [0.05, 0.1) is 0 Å². The molecule has 0 atom stereocenters. The van der Waals surface area contributed by atoms with Crippen molar-refractivity contribution in [1.29, 1.82) is 0 Å². The number of rotatable bonds is 3. The van der Waals surface area contributed by atoms with E-state index in [9.17, 15) is 0 Å². The Bertz CT molecular complexity index is 112. The summed E-state index contributed by atoms with van der Waals surface area (Å²) in [5, 5.41) is 0. The molecule has 0 heterocycles. The van der Waals surface area contributed by atoms with Crippen molar-refractivity contribution in [2.24, 2.45) is 5.41 Å². The second kappa shape index (κ2) is 4.32. The van der Waals surface area contributed by atoms with Gasteiger partial charge in [-0.1, -0.05) is 39.0 Å². The highest BCUT2D eigenvalue weighted by Crippen LogP contribution is 2.14. The molecule has 0 nitrogen and oxygen atoms in total. The molecule has 0 heteroatoms. The minimum absolute atomic E-state index is 0.334. The highest BCUT2D eigenvalue weighted by atomic mass is 14.1. The monoisotopic (exact) mass is 138 g/mol. The maximum absolute atomic E-state index is 3.66. The van der Waals surface area contributed by atoms with Gasteiger partial charge in [-0.15, -0.1) is 6.58 Å². The average molecular weight is 138 g/mol. The lowest BCUT2D eigenvalue weighted by Gasteiger charge is -2.10. The van der Waals surface area contributed by atoms with E-state index in [1.54, 1.807) is 0 Å². The fourth-order valence-corrected chi connectivity index (χ4v) is 0.651. The van der Waals surface area contributed by atoms with Crippen LogP contribution in [0.1, 0.15) is 33.6 Å². The first kappa shape index (κ1) is 9.48. The maximum atomic E-state index is 3.66. The summed E-state index contributed by atoms with van der Waals surface area (Å²) in [7, 11) is 0. The lowest BCUT2D eigenvalue weighted by atomic mass is 9.96. The molecule has 0 radical (unpaired) electrons. The SMILES string of the molecule is C=CCC/C=C/C(C)(C)C. The van der Waals surface area contributed by atoms with Gasteiger partial charge in [0, 0.05) is 0 Å². The molecule has 10 heavy (non-hydrogen) atoms. The van der Waals surface area contributed by atoms with Gasteiger partial charge in [-0.3, -0.25) is 0 Å². The fourth-order valence-electron chi connectivity index (χ4n) is 0.651. The Kier molecular flexibility index (Phi) is 4.10.